The van der Waals surface area contributed by atoms with Crippen LogP contribution < -0.4 is 5.73 Å². The van der Waals surface area contributed by atoms with Gasteiger partial charge in [0.15, 0.2) is 0 Å². The Morgan fingerprint density at radius 1 is 1.50 bits per heavy atom. The van der Waals surface area contributed by atoms with Crippen LogP contribution in [0.15, 0.2) is 0 Å². The van der Waals surface area contributed by atoms with Crippen LogP contribution in [0.5, 0.6) is 0 Å². The summed E-state index contributed by atoms with van der Waals surface area (Å²) in [5, 5.41) is 0. The predicted octanol–water partition coefficient (Wildman–Crippen LogP) is 1.73. The molecular weight excluding hydrogens is 204 g/mol. The number of ether oxygens (including phenoxy) is 1. The second-order valence-corrected chi connectivity index (χ2v) is 6.20. The molecule has 1 spiro atoms. The van der Waals surface area contributed by atoms with Crippen molar-refractivity contribution < 1.29 is 9.53 Å². The van der Waals surface area contributed by atoms with Gasteiger partial charge in [-0.1, -0.05) is 0 Å². The Labute approximate surface area is 97.1 Å². The van der Waals surface area contributed by atoms with E-state index in [1.807, 2.05) is 25.7 Å². The summed E-state index contributed by atoms with van der Waals surface area (Å²) >= 11 is 0. The second-order valence-electron chi connectivity index (χ2n) is 6.20. The number of carbonyl (C=O) groups excluding carboxylic acids is 1. The number of hydrogen-bond acceptors (Lipinski definition) is 3. The summed E-state index contributed by atoms with van der Waals surface area (Å²) in [7, 11) is 0. The molecule has 4 nitrogen and oxygen atoms in total. The average molecular weight is 226 g/mol. The Balaban J connectivity index is 2.00. The smallest absolute Gasteiger partial charge is 0.410 e. The number of likely N-dealkylation sites (tertiary alicyclic amines) is 1. The summed E-state index contributed by atoms with van der Waals surface area (Å²) in [6.45, 7) is 7.06. The van der Waals surface area contributed by atoms with Crippen LogP contribution in [0.3, 0.4) is 0 Å². The first-order valence-electron chi connectivity index (χ1n) is 6.05. The summed E-state index contributed by atoms with van der Waals surface area (Å²) < 4.78 is 5.41. The van der Waals surface area contributed by atoms with Crippen LogP contribution in [-0.4, -0.2) is 35.7 Å². The fraction of sp³-hybridized carbons (Fsp3) is 0.917. The average Bonchev–Trinajstić information content (AvgIpc) is 2.75. The molecule has 1 aliphatic carbocycles. The number of hydrogen-bond donors (Lipinski definition) is 1. The zero-order valence-electron chi connectivity index (χ0n) is 10.5. The van der Waals surface area contributed by atoms with E-state index in [0.29, 0.717) is 12.0 Å². The van der Waals surface area contributed by atoms with Gasteiger partial charge in [-0.25, -0.2) is 4.79 Å². The second kappa shape index (κ2) is 3.62. The van der Waals surface area contributed by atoms with E-state index in [1.165, 1.54) is 12.8 Å². The molecule has 0 aromatic carbocycles. The topological polar surface area (TPSA) is 55.6 Å². The van der Waals surface area contributed by atoms with Gasteiger partial charge in [0.05, 0.1) is 0 Å². The fourth-order valence-electron chi connectivity index (χ4n) is 2.45. The van der Waals surface area contributed by atoms with Crippen molar-refractivity contribution in [3.8, 4) is 0 Å². The van der Waals surface area contributed by atoms with E-state index in [-0.39, 0.29) is 12.1 Å². The van der Waals surface area contributed by atoms with Crippen LogP contribution in [-0.2, 0) is 4.74 Å². The van der Waals surface area contributed by atoms with Gasteiger partial charge < -0.3 is 15.4 Å². The van der Waals surface area contributed by atoms with Crippen molar-refractivity contribution in [1.29, 1.82) is 0 Å². The van der Waals surface area contributed by atoms with Crippen molar-refractivity contribution >= 4 is 6.09 Å². The van der Waals surface area contributed by atoms with Crippen LogP contribution in [0, 0.1) is 5.41 Å². The molecule has 0 bridgehead atoms. The minimum Gasteiger partial charge on any atom is -0.444 e. The van der Waals surface area contributed by atoms with Gasteiger partial charge >= 0.3 is 6.09 Å². The highest BCUT2D eigenvalue weighted by atomic mass is 16.6. The molecular formula is C12H22N2O2. The third-order valence-electron chi connectivity index (χ3n) is 3.47. The number of nitrogens with zero attached hydrogens (tertiary/aromatic N) is 1. The first kappa shape index (κ1) is 11.7. The van der Waals surface area contributed by atoms with Gasteiger partial charge in [0.25, 0.3) is 0 Å². The van der Waals surface area contributed by atoms with E-state index in [0.717, 1.165) is 13.0 Å². The molecule has 2 aliphatic rings. The van der Waals surface area contributed by atoms with Gasteiger partial charge in [-0.05, 0) is 45.4 Å². The molecule has 2 N–H and O–H groups in total. The Kier molecular flexibility index (Phi) is 2.65. The summed E-state index contributed by atoms with van der Waals surface area (Å²) in [6, 6.07) is 0.178. The molecule has 4 heteroatoms. The zero-order chi connectivity index (χ0) is 12.0. The third-order valence-corrected chi connectivity index (χ3v) is 3.47. The van der Waals surface area contributed by atoms with Gasteiger partial charge in [-0.3, -0.25) is 0 Å². The molecule has 0 radical (unpaired) electrons. The minimum atomic E-state index is -0.421. The molecule has 0 aromatic heterocycles. The lowest BCUT2D eigenvalue weighted by Crippen LogP contribution is -2.43. The largest absolute Gasteiger partial charge is 0.444 e. The van der Waals surface area contributed by atoms with E-state index in [2.05, 4.69) is 0 Å². The molecule has 1 aliphatic heterocycles. The van der Waals surface area contributed by atoms with Crippen LogP contribution in [0.4, 0.5) is 4.79 Å². The summed E-state index contributed by atoms with van der Waals surface area (Å²) in [4.78, 5) is 13.8. The van der Waals surface area contributed by atoms with Gasteiger partial charge in [-0.2, -0.15) is 0 Å². The molecule has 1 saturated heterocycles. The van der Waals surface area contributed by atoms with E-state index in [9.17, 15) is 4.79 Å². The van der Waals surface area contributed by atoms with E-state index in [1.54, 1.807) is 0 Å². The van der Waals surface area contributed by atoms with Crippen molar-refractivity contribution in [2.75, 3.05) is 13.1 Å². The first-order valence-corrected chi connectivity index (χ1v) is 6.05. The molecule has 92 valence electrons. The lowest BCUT2D eigenvalue weighted by atomic mass is 10.0. The van der Waals surface area contributed by atoms with Crippen LogP contribution >= 0.6 is 0 Å². The Morgan fingerprint density at radius 2 is 2.12 bits per heavy atom. The third kappa shape index (κ3) is 2.32. The number of amides is 1. The van der Waals surface area contributed by atoms with Crippen molar-refractivity contribution in [3.05, 3.63) is 0 Å². The standard InChI is InChI=1S/C12H22N2O2/c1-11(2,3)16-10(15)14-8-12(4-5-12)6-9(14)7-13/h9H,4-8,13H2,1-3H3/t9-/m1/s1. The van der Waals surface area contributed by atoms with Gasteiger partial charge in [-0.15, -0.1) is 0 Å². The highest BCUT2D eigenvalue weighted by Gasteiger charge is 2.53. The maximum absolute atomic E-state index is 12.0. The van der Waals surface area contributed by atoms with Crippen LogP contribution in [0.1, 0.15) is 40.0 Å². The number of carbonyl (C=O) groups is 1. The molecule has 1 heterocycles. The fourth-order valence-corrected chi connectivity index (χ4v) is 2.45. The molecule has 16 heavy (non-hydrogen) atoms. The molecule has 1 amide bonds. The zero-order valence-corrected chi connectivity index (χ0v) is 10.5. The van der Waals surface area contributed by atoms with E-state index >= 15 is 0 Å². The minimum absolute atomic E-state index is 0.178. The Morgan fingerprint density at radius 3 is 2.56 bits per heavy atom. The molecule has 1 atom stereocenters. The maximum atomic E-state index is 12.0. The quantitative estimate of drug-likeness (QED) is 0.741. The molecule has 0 aromatic rings. The summed E-state index contributed by atoms with van der Waals surface area (Å²) in [5.74, 6) is 0. The monoisotopic (exact) mass is 226 g/mol. The van der Waals surface area contributed by atoms with Gasteiger partial charge in [0.2, 0.25) is 0 Å². The lowest BCUT2D eigenvalue weighted by molar-refractivity contribution is 0.0225. The van der Waals surface area contributed by atoms with Gasteiger partial charge in [0, 0.05) is 19.1 Å². The summed E-state index contributed by atoms with van der Waals surface area (Å²) in [6.07, 6.45) is 3.33. The van der Waals surface area contributed by atoms with Crippen molar-refractivity contribution in [2.24, 2.45) is 11.1 Å². The molecule has 2 rings (SSSR count). The van der Waals surface area contributed by atoms with E-state index < -0.39 is 5.60 Å². The van der Waals surface area contributed by atoms with Crippen LogP contribution in [0.25, 0.3) is 0 Å². The van der Waals surface area contributed by atoms with Gasteiger partial charge in [0.1, 0.15) is 5.60 Å². The SMILES string of the molecule is CC(C)(C)OC(=O)N1CC2(CC2)C[C@@H]1CN. The molecule has 1 saturated carbocycles. The predicted molar refractivity (Wildman–Crippen MR) is 62.1 cm³/mol. The number of nitrogens with two attached hydrogens (primary N) is 1. The Bertz CT molecular complexity index is 292. The van der Waals surface area contributed by atoms with Crippen LogP contribution in [0.2, 0.25) is 0 Å². The van der Waals surface area contributed by atoms with Crippen molar-refractivity contribution in [1.82, 2.24) is 4.90 Å². The highest BCUT2D eigenvalue weighted by Crippen LogP contribution is 2.54. The normalized spacial score (nSPS) is 27.2. The van der Waals surface area contributed by atoms with E-state index in [4.69, 9.17) is 10.5 Å². The summed E-state index contributed by atoms with van der Waals surface area (Å²) in [5.41, 5.74) is 5.69. The first-order chi connectivity index (χ1) is 7.35. The molecule has 2 fully saturated rings. The molecule has 0 unspecified atom stereocenters. The highest BCUT2D eigenvalue weighted by molar-refractivity contribution is 5.69. The number of rotatable bonds is 1. The van der Waals surface area contributed by atoms with Crippen molar-refractivity contribution in [3.63, 3.8) is 0 Å². The lowest BCUT2D eigenvalue weighted by Gasteiger charge is -2.28. The van der Waals surface area contributed by atoms with Crippen molar-refractivity contribution in [2.45, 2.75) is 51.7 Å². The maximum Gasteiger partial charge on any atom is 0.410 e. The Hall–Kier alpha value is -0.770.